The number of aromatic nitrogens is 1. The van der Waals surface area contributed by atoms with Crippen molar-refractivity contribution in [2.45, 2.75) is 51.7 Å². The predicted molar refractivity (Wildman–Crippen MR) is 75.0 cm³/mol. The van der Waals surface area contributed by atoms with Crippen LogP contribution in [0.15, 0.2) is 18.3 Å². The van der Waals surface area contributed by atoms with E-state index in [9.17, 15) is 0 Å². The number of nitrogens with two attached hydrogens (primary N) is 1. The Morgan fingerprint density at radius 1 is 1.44 bits per heavy atom. The van der Waals surface area contributed by atoms with E-state index in [0.717, 1.165) is 24.2 Å². The minimum absolute atomic E-state index is 0.533. The molecule has 18 heavy (non-hydrogen) atoms. The van der Waals surface area contributed by atoms with Crippen molar-refractivity contribution in [3.63, 3.8) is 0 Å². The molecule has 2 rings (SSSR count). The van der Waals surface area contributed by atoms with Gasteiger partial charge in [0.1, 0.15) is 0 Å². The molecular formula is C15H25N3. The van der Waals surface area contributed by atoms with Crippen LogP contribution in [0.2, 0.25) is 0 Å². The van der Waals surface area contributed by atoms with Crippen molar-refractivity contribution in [2.75, 3.05) is 7.05 Å². The van der Waals surface area contributed by atoms with Gasteiger partial charge in [0.05, 0.1) is 5.69 Å². The van der Waals surface area contributed by atoms with E-state index in [1.807, 2.05) is 12.3 Å². The first-order valence-corrected chi connectivity index (χ1v) is 7.03. The van der Waals surface area contributed by atoms with Gasteiger partial charge in [-0.1, -0.05) is 25.8 Å². The maximum atomic E-state index is 5.75. The van der Waals surface area contributed by atoms with Gasteiger partial charge >= 0.3 is 0 Å². The molecule has 3 heteroatoms. The molecule has 0 bridgehead atoms. The smallest absolute Gasteiger partial charge is 0.0584 e. The van der Waals surface area contributed by atoms with Crippen molar-refractivity contribution in [3.8, 4) is 0 Å². The van der Waals surface area contributed by atoms with Gasteiger partial charge in [0.25, 0.3) is 0 Å². The van der Waals surface area contributed by atoms with E-state index in [0.29, 0.717) is 6.54 Å². The SMILES string of the molecule is CC1CCCC(N(C)Cc2cccnc2CN)C1. The molecule has 1 aliphatic rings. The molecule has 1 heterocycles. The maximum Gasteiger partial charge on any atom is 0.0584 e. The molecule has 1 aromatic rings. The third kappa shape index (κ3) is 3.30. The Balaban J connectivity index is 1.99. The van der Waals surface area contributed by atoms with Crippen LogP contribution in [0.3, 0.4) is 0 Å². The third-order valence-corrected chi connectivity index (χ3v) is 4.13. The Morgan fingerprint density at radius 3 is 3.00 bits per heavy atom. The van der Waals surface area contributed by atoms with Gasteiger partial charge in [0, 0.05) is 25.3 Å². The van der Waals surface area contributed by atoms with E-state index in [2.05, 4.69) is 29.9 Å². The summed E-state index contributed by atoms with van der Waals surface area (Å²) in [7, 11) is 2.23. The van der Waals surface area contributed by atoms with Gasteiger partial charge in [-0.3, -0.25) is 9.88 Å². The summed E-state index contributed by atoms with van der Waals surface area (Å²) in [6, 6.07) is 4.88. The summed E-state index contributed by atoms with van der Waals surface area (Å²) in [5.41, 5.74) is 8.06. The minimum Gasteiger partial charge on any atom is -0.325 e. The number of rotatable bonds is 4. The van der Waals surface area contributed by atoms with E-state index < -0.39 is 0 Å². The van der Waals surface area contributed by atoms with Crippen molar-refractivity contribution in [1.82, 2.24) is 9.88 Å². The van der Waals surface area contributed by atoms with E-state index in [1.165, 1.54) is 31.2 Å². The van der Waals surface area contributed by atoms with E-state index >= 15 is 0 Å². The van der Waals surface area contributed by atoms with Gasteiger partial charge in [0.2, 0.25) is 0 Å². The summed E-state index contributed by atoms with van der Waals surface area (Å²) in [5.74, 6) is 0.870. The second-order valence-electron chi connectivity index (χ2n) is 5.65. The lowest BCUT2D eigenvalue weighted by Gasteiger charge is -2.34. The van der Waals surface area contributed by atoms with Gasteiger partial charge in [-0.15, -0.1) is 0 Å². The van der Waals surface area contributed by atoms with Crippen LogP contribution >= 0.6 is 0 Å². The van der Waals surface area contributed by atoms with Crippen LogP contribution in [0.1, 0.15) is 43.9 Å². The Hall–Kier alpha value is -0.930. The molecule has 1 aliphatic carbocycles. The molecule has 3 nitrogen and oxygen atoms in total. The lowest BCUT2D eigenvalue weighted by atomic mass is 9.86. The number of pyridine rings is 1. The van der Waals surface area contributed by atoms with Crippen LogP contribution in [-0.2, 0) is 13.1 Å². The first-order valence-electron chi connectivity index (χ1n) is 7.03. The zero-order valence-corrected chi connectivity index (χ0v) is 11.6. The normalized spacial score (nSPS) is 24.4. The van der Waals surface area contributed by atoms with Gasteiger partial charge < -0.3 is 5.73 Å². The molecule has 2 unspecified atom stereocenters. The standard InChI is InChI=1S/C15H25N3/c1-12-5-3-7-14(9-12)18(2)11-13-6-4-8-17-15(13)10-16/h4,6,8,12,14H,3,5,7,9-11,16H2,1-2H3. The molecule has 2 N–H and O–H groups in total. The van der Waals surface area contributed by atoms with E-state index in [4.69, 9.17) is 5.73 Å². The number of nitrogens with zero attached hydrogens (tertiary/aromatic N) is 2. The largest absolute Gasteiger partial charge is 0.325 e. The number of hydrogen-bond acceptors (Lipinski definition) is 3. The lowest BCUT2D eigenvalue weighted by Crippen LogP contribution is -2.35. The second-order valence-corrected chi connectivity index (χ2v) is 5.65. The summed E-state index contributed by atoms with van der Waals surface area (Å²) < 4.78 is 0. The molecule has 1 aromatic heterocycles. The highest BCUT2D eigenvalue weighted by molar-refractivity contribution is 5.19. The Morgan fingerprint density at radius 2 is 2.28 bits per heavy atom. The fourth-order valence-electron chi connectivity index (χ4n) is 3.00. The molecule has 2 atom stereocenters. The molecule has 0 aliphatic heterocycles. The van der Waals surface area contributed by atoms with Crippen molar-refractivity contribution >= 4 is 0 Å². The summed E-state index contributed by atoms with van der Waals surface area (Å²) >= 11 is 0. The molecule has 0 radical (unpaired) electrons. The summed E-state index contributed by atoms with van der Waals surface area (Å²) in [4.78, 5) is 6.84. The van der Waals surface area contributed by atoms with Crippen LogP contribution in [0.4, 0.5) is 0 Å². The van der Waals surface area contributed by atoms with Gasteiger partial charge in [0.15, 0.2) is 0 Å². The molecule has 0 saturated heterocycles. The molecule has 100 valence electrons. The minimum atomic E-state index is 0.533. The van der Waals surface area contributed by atoms with Crippen LogP contribution in [0.5, 0.6) is 0 Å². The average molecular weight is 247 g/mol. The highest BCUT2D eigenvalue weighted by Gasteiger charge is 2.22. The van der Waals surface area contributed by atoms with Crippen molar-refractivity contribution < 1.29 is 0 Å². The van der Waals surface area contributed by atoms with Gasteiger partial charge in [-0.2, -0.15) is 0 Å². The van der Waals surface area contributed by atoms with E-state index in [1.54, 1.807) is 0 Å². The van der Waals surface area contributed by atoms with Crippen LogP contribution in [0.25, 0.3) is 0 Å². The molecule has 0 amide bonds. The van der Waals surface area contributed by atoms with Crippen LogP contribution in [0, 0.1) is 5.92 Å². The van der Waals surface area contributed by atoms with Crippen molar-refractivity contribution in [1.29, 1.82) is 0 Å². The topological polar surface area (TPSA) is 42.2 Å². The van der Waals surface area contributed by atoms with Crippen LogP contribution < -0.4 is 5.73 Å². The highest BCUT2D eigenvalue weighted by Crippen LogP contribution is 2.27. The third-order valence-electron chi connectivity index (χ3n) is 4.13. The lowest BCUT2D eigenvalue weighted by molar-refractivity contribution is 0.157. The second kappa shape index (κ2) is 6.30. The monoisotopic (exact) mass is 247 g/mol. The summed E-state index contributed by atoms with van der Waals surface area (Å²) in [5, 5.41) is 0. The molecule has 1 saturated carbocycles. The van der Waals surface area contributed by atoms with Crippen molar-refractivity contribution in [3.05, 3.63) is 29.6 Å². The molecule has 0 aromatic carbocycles. The average Bonchev–Trinajstić information content (AvgIpc) is 2.39. The quantitative estimate of drug-likeness (QED) is 0.889. The molecular weight excluding hydrogens is 222 g/mol. The Kier molecular flexibility index (Phi) is 4.72. The van der Waals surface area contributed by atoms with Gasteiger partial charge in [-0.05, 0) is 37.4 Å². The fourth-order valence-corrected chi connectivity index (χ4v) is 3.00. The summed E-state index contributed by atoms with van der Waals surface area (Å²) in [6.07, 6.45) is 7.25. The summed E-state index contributed by atoms with van der Waals surface area (Å²) in [6.45, 7) is 3.87. The first kappa shape index (κ1) is 13.5. The van der Waals surface area contributed by atoms with Crippen LogP contribution in [-0.4, -0.2) is 23.0 Å². The first-order chi connectivity index (χ1) is 8.70. The Labute approximate surface area is 110 Å². The van der Waals surface area contributed by atoms with Gasteiger partial charge in [-0.25, -0.2) is 0 Å². The Bertz CT molecular complexity index is 378. The van der Waals surface area contributed by atoms with Crippen molar-refractivity contribution in [2.24, 2.45) is 11.7 Å². The fraction of sp³-hybridized carbons (Fsp3) is 0.667. The highest BCUT2D eigenvalue weighted by atomic mass is 15.1. The van der Waals surface area contributed by atoms with E-state index in [-0.39, 0.29) is 0 Å². The zero-order valence-electron chi connectivity index (χ0n) is 11.6. The number of hydrogen-bond donors (Lipinski definition) is 1. The predicted octanol–water partition coefficient (Wildman–Crippen LogP) is 2.55. The maximum absolute atomic E-state index is 5.75. The molecule has 1 fully saturated rings. The molecule has 0 spiro atoms. The zero-order chi connectivity index (χ0) is 13.0.